The Kier molecular flexibility index (Phi) is 11.0. The molecule has 1 N–H and O–H groups in total. The predicted octanol–water partition coefficient (Wildman–Crippen LogP) is 4.45. The lowest BCUT2D eigenvalue weighted by Crippen LogP contribution is -2.68. The highest BCUT2D eigenvalue weighted by Crippen LogP contribution is 2.57. The van der Waals surface area contributed by atoms with Gasteiger partial charge in [0.2, 0.25) is 5.85 Å². The zero-order valence-corrected chi connectivity index (χ0v) is 29.3. The molecule has 0 unspecified atom stereocenters. The lowest BCUT2D eigenvalue weighted by atomic mass is 10.2. The number of aromatic nitrogens is 2. The molecular formula is C32H43N2O10PSi. The molecule has 0 spiro atoms. The standard InChI is InChI=1S/C32H43N2O10PSi/c1-21(2)41-31(37)43-29(45(38,39-7)40-8)27-25(19-26(42-27)34-20-22(3)28(35)33-30(34)36)44-46(32(4,5)6,23-15-11-9-12-16-23)24-17-13-10-14-18-24/h9-18,20-21,25-27,29H,19H2,1-8H3,(H,33,35,36)/t25-,26+,27-,29-/m0/s1. The minimum atomic E-state index is -4.23. The Morgan fingerprint density at radius 3 is 2.00 bits per heavy atom. The molecule has 4 rings (SSSR count). The van der Waals surface area contributed by atoms with E-state index in [4.69, 9.17) is 27.7 Å². The monoisotopic (exact) mass is 674 g/mol. The molecule has 1 aliphatic heterocycles. The number of nitrogens with one attached hydrogen (secondary N) is 1. The average Bonchev–Trinajstić information content (AvgIpc) is 3.42. The van der Waals surface area contributed by atoms with E-state index in [9.17, 15) is 18.9 Å². The highest BCUT2D eigenvalue weighted by atomic mass is 31.2. The molecule has 0 bridgehead atoms. The van der Waals surface area contributed by atoms with Crippen molar-refractivity contribution in [3.8, 4) is 0 Å². The third-order valence-electron chi connectivity index (χ3n) is 7.97. The number of rotatable bonds is 11. The summed E-state index contributed by atoms with van der Waals surface area (Å²) in [4.78, 5) is 40.5. The van der Waals surface area contributed by atoms with Crippen molar-refractivity contribution < 1.29 is 37.0 Å². The summed E-state index contributed by atoms with van der Waals surface area (Å²) in [5.74, 6) is -1.65. The van der Waals surface area contributed by atoms with Gasteiger partial charge in [0.25, 0.3) is 13.9 Å². The second-order valence-corrected chi connectivity index (χ2v) is 19.0. The van der Waals surface area contributed by atoms with E-state index >= 15 is 0 Å². The second kappa shape index (κ2) is 14.2. The van der Waals surface area contributed by atoms with Gasteiger partial charge < -0.3 is 27.7 Å². The smallest absolute Gasteiger partial charge is 0.432 e. The Bertz CT molecular complexity index is 1610. The normalized spacial score (nSPS) is 19.6. The fraction of sp³-hybridized carbons (Fsp3) is 0.469. The van der Waals surface area contributed by atoms with Crippen molar-refractivity contribution in [2.24, 2.45) is 0 Å². The molecule has 2 heterocycles. The van der Waals surface area contributed by atoms with Crippen LogP contribution in [0.1, 0.15) is 52.8 Å². The molecule has 4 atom stereocenters. The van der Waals surface area contributed by atoms with Crippen molar-refractivity contribution in [3.05, 3.63) is 93.3 Å². The molecule has 0 radical (unpaired) electrons. The Morgan fingerprint density at radius 2 is 1.52 bits per heavy atom. The molecule has 12 nitrogen and oxygen atoms in total. The van der Waals surface area contributed by atoms with Crippen LogP contribution in [-0.2, 0) is 32.2 Å². The summed E-state index contributed by atoms with van der Waals surface area (Å²) in [5.41, 5.74) is -0.954. The third-order valence-corrected chi connectivity index (χ3v) is 15.1. The van der Waals surface area contributed by atoms with Crippen LogP contribution in [0.15, 0.2) is 76.4 Å². The van der Waals surface area contributed by atoms with Crippen LogP contribution in [0.4, 0.5) is 4.79 Å². The van der Waals surface area contributed by atoms with Gasteiger partial charge in [-0.25, -0.2) is 9.59 Å². The summed E-state index contributed by atoms with van der Waals surface area (Å²) >= 11 is 0. The Morgan fingerprint density at radius 1 is 0.978 bits per heavy atom. The van der Waals surface area contributed by atoms with Crippen molar-refractivity contribution in [2.45, 2.75) is 83.4 Å². The van der Waals surface area contributed by atoms with Gasteiger partial charge in [-0.3, -0.25) is 18.9 Å². The Hall–Kier alpha value is -3.32. The molecule has 0 aliphatic carbocycles. The molecule has 3 aromatic rings. The third kappa shape index (κ3) is 7.14. The molecule has 1 aromatic heterocycles. The fourth-order valence-corrected chi connectivity index (χ4v) is 11.9. The largest absolute Gasteiger partial charge is 0.509 e. The van der Waals surface area contributed by atoms with Crippen molar-refractivity contribution >= 4 is 32.4 Å². The average molecular weight is 675 g/mol. The molecule has 250 valence electrons. The van der Waals surface area contributed by atoms with Crippen molar-refractivity contribution in [1.29, 1.82) is 0 Å². The number of aryl methyl sites for hydroxylation is 1. The number of benzene rings is 2. The number of ether oxygens (including phenoxy) is 3. The summed E-state index contributed by atoms with van der Waals surface area (Å²) in [5, 5.41) is 1.46. The van der Waals surface area contributed by atoms with Crippen LogP contribution in [0.25, 0.3) is 0 Å². The molecule has 0 saturated carbocycles. The highest BCUT2D eigenvalue weighted by Gasteiger charge is 2.58. The van der Waals surface area contributed by atoms with Gasteiger partial charge in [0.1, 0.15) is 12.3 Å². The van der Waals surface area contributed by atoms with Gasteiger partial charge in [0.15, 0.2) is 0 Å². The van der Waals surface area contributed by atoms with Gasteiger partial charge in [0, 0.05) is 32.4 Å². The van der Waals surface area contributed by atoms with E-state index in [2.05, 4.69) is 25.8 Å². The molecule has 0 amide bonds. The maximum Gasteiger partial charge on any atom is 0.509 e. The van der Waals surface area contributed by atoms with Crippen LogP contribution in [0.5, 0.6) is 0 Å². The zero-order chi connectivity index (χ0) is 33.9. The van der Waals surface area contributed by atoms with Crippen LogP contribution in [0.2, 0.25) is 5.04 Å². The molecule has 2 aromatic carbocycles. The van der Waals surface area contributed by atoms with E-state index in [1.54, 1.807) is 20.8 Å². The van der Waals surface area contributed by atoms with Gasteiger partial charge in [-0.05, 0) is 36.2 Å². The molecular weight excluding hydrogens is 631 g/mol. The summed E-state index contributed by atoms with van der Waals surface area (Å²) in [6.45, 7) is 11.1. The number of nitrogens with zero attached hydrogens (tertiary/aromatic N) is 1. The first-order valence-corrected chi connectivity index (χ1v) is 18.5. The first-order chi connectivity index (χ1) is 21.7. The number of hydrogen-bond acceptors (Lipinski definition) is 10. The van der Waals surface area contributed by atoms with Crippen molar-refractivity contribution in [2.75, 3.05) is 14.2 Å². The minimum Gasteiger partial charge on any atom is -0.432 e. The van der Waals surface area contributed by atoms with Gasteiger partial charge in [-0.1, -0.05) is 81.4 Å². The molecule has 1 saturated heterocycles. The minimum absolute atomic E-state index is 0.0626. The maximum absolute atomic E-state index is 14.1. The van der Waals surface area contributed by atoms with Crippen LogP contribution in [0, 0.1) is 6.92 Å². The summed E-state index contributed by atoms with van der Waals surface area (Å²) in [7, 11) is -5.16. The van der Waals surface area contributed by atoms with E-state index in [1.807, 2.05) is 60.7 Å². The van der Waals surface area contributed by atoms with Crippen LogP contribution < -0.4 is 21.6 Å². The number of carbonyl (C=O) groups excluding carboxylic acids is 1. The molecule has 1 fully saturated rings. The maximum atomic E-state index is 14.1. The van der Waals surface area contributed by atoms with E-state index in [0.717, 1.165) is 10.4 Å². The summed E-state index contributed by atoms with van der Waals surface area (Å²) in [6, 6.07) is 19.7. The van der Waals surface area contributed by atoms with Gasteiger partial charge in [-0.2, -0.15) is 0 Å². The lowest BCUT2D eigenvalue weighted by Gasteiger charge is -2.45. The van der Waals surface area contributed by atoms with E-state index in [0.29, 0.717) is 0 Å². The van der Waals surface area contributed by atoms with E-state index in [-0.39, 0.29) is 12.0 Å². The highest BCUT2D eigenvalue weighted by molar-refractivity contribution is 7.54. The van der Waals surface area contributed by atoms with Crippen LogP contribution in [-0.4, -0.2) is 62.4 Å². The number of aromatic amines is 1. The van der Waals surface area contributed by atoms with Crippen LogP contribution in [0.3, 0.4) is 0 Å². The number of hydrogen-bond donors (Lipinski definition) is 1. The fourth-order valence-electron chi connectivity index (χ4n) is 5.83. The predicted molar refractivity (Wildman–Crippen MR) is 175 cm³/mol. The lowest BCUT2D eigenvalue weighted by molar-refractivity contribution is -0.0803. The van der Waals surface area contributed by atoms with Crippen molar-refractivity contribution in [3.63, 3.8) is 0 Å². The quantitative estimate of drug-likeness (QED) is 0.176. The van der Waals surface area contributed by atoms with E-state index in [1.165, 1.54) is 25.0 Å². The first-order valence-electron chi connectivity index (χ1n) is 15.0. The summed E-state index contributed by atoms with van der Waals surface area (Å²) in [6.07, 6.45) is -3.40. The Labute approximate surface area is 269 Å². The van der Waals surface area contributed by atoms with Gasteiger partial charge in [-0.15, -0.1) is 0 Å². The summed E-state index contributed by atoms with van der Waals surface area (Å²) < 4.78 is 50.8. The zero-order valence-electron chi connectivity index (χ0n) is 27.4. The van der Waals surface area contributed by atoms with E-state index < -0.39 is 68.7 Å². The molecule has 1 aliphatic rings. The SMILES string of the molecule is COP(=O)(OC)[C@H](OC(=O)OC(C)C)[C@H]1O[C@@H](n2cc(C)c(=O)[nH]c2=O)C[C@@H]1O[Si](c1ccccc1)(c1ccccc1)C(C)(C)C. The first kappa shape index (κ1) is 35.5. The topological polar surface area (TPSA) is 144 Å². The molecule has 14 heteroatoms. The van der Waals surface area contributed by atoms with Gasteiger partial charge in [0.05, 0.1) is 12.2 Å². The van der Waals surface area contributed by atoms with Gasteiger partial charge >= 0.3 is 19.4 Å². The second-order valence-electron chi connectivity index (χ2n) is 12.4. The van der Waals surface area contributed by atoms with Crippen molar-refractivity contribution in [1.82, 2.24) is 9.55 Å². The van der Waals surface area contributed by atoms with Crippen LogP contribution >= 0.6 is 7.60 Å². The Balaban J connectivity index is 1.95. The number of H-pyrrole nitrogens is 1. The molecule has 46 heavy (non-hydrogen) atoms. The number of carbonyl (C=O) groups is 1.